The molecule has 0 aliphatic heterocycles. The predicted octanol–water partition coefficient (Wildman–Crippen LogP) is 1.20. The lowest BCUT2D eigenvalue weighted by molar-refractivity contribution is 0.634. The van der Waals surface area contributed by atoms with Crippen molar-refractivity contribution in [3.63, 3.8) is 0 Å². The van der Waals surface area contributed by atoms with Crippen LogP contribution < -0.4 is 11.3 Å². The van der Waals surface area contributed by atoms with Crippen molar-refractivity contribution in [2.24, 2.45) is 5.73 Å². The number of aryl methyl sites for hydroxylation is 1. The summed E-state index contributed by atoms with van der Waals surface area (Å²) in [6, 6.07) is 3.55. The van der Waals surface area contributed by atoms with E-state index in [1.165, 1.54) is 0 Å². The van der Waals surface area contributed by atoms with Gasteiger partial charge in [0.1, 0.15) is 4.99 Å². The lowest BCUT2D eigenvalue weighted by Crippen LogP contribution is -2.30. The maximum absolute atomic E-state index is 11.8. The van der Waals surface area contributed by atoms with Crippen molar-refractivity contribution >= 4 is 17.2 Å². The van der Waals surface area contributed by atoms with Gasteiger partial charge in [0.15, 0.2) is 0 Å². The first-order valence-electron chi connectivity index (χ1n) is 4.58. The summed E-state index contributed by atoms with van der Waals surface area (Å²) in [6.07, 6.45) is 0.918. The molecule has 3 nitrogen and oxygen atoms in total. The van der Waals surface area contributed by atoms with Crippen LogP contribution in [0.25, 0.3) is 0 Å². The number of nitrogens with two attached hydrogens (primary N) is 1. The minimum absolute atomic E-state index is 0.0839. The number of hydrogen-bond donors (Lipinski definition) is 1. The van der Waals surface area contributed by atoms with Crippen molar-refractivity contribution in [1.29, 1.82) is 0 Å². The van der Waals surface area contributed by atoms with E-state index in [4.69, 9.17) is 18.0 Å². The lowest BCUT2D eigenvalue weighted by Gasteiger charge is -2.09. The molecule has 0 atom stereocenters. The molecule has 0 spiro atoms. The molecular weight excluding hydrogens is 196 g/mol. The molecule has 0 radical (unpaired) electrons. The second kappa shape index (κ2) is 4.37. The highest BCUT2D eigenvalue weighted by molar-refractivity contribution is 7.80. The Labute approximate surface area is 88.5 Å². The molecule has 2 N–H and O–H groups in total. The normalized spacial score (nSPS) is 10.1. The van der Waals surface area contributed by atoms with Gasteiger partial charge in [-0.2, -0.15) is 0 Å². The lowest BCUT2D eigenvalue weighted by atomic mass is 10.2. The van der Waals surface area contributed by atoms with Gasteiger partial charge in [-0.05, 0) is 25.5 Å². The number of pyridine rings is 1. The zero-order valence-corrected chi connectivity index (χ0v) is 9.23. The molecule has 76 valence electrons. The molecule has 1 heterocycles. The van der Waals surface area contributed by atoms with E-state index in [1.54, 1.807) is 10.6 Å². The van der Waals surface area contributed by atoms with E-state index in [-0.39, 0.29) is 10.5 Å². The second-order valence-corrected chi connectivity index (χ2v) is 3.65. The van der Waals surface area contributed by atoms with Crippen molar-refractivity contribution < 1.29 is 0 Å². The van der Waals surface area contributed by atoms with Crippen molar-refractivity contribution in [2.75, 3.05) is 0 Å². The summed E-state index contributed by atoms with van der Waals surface area (Å²) in [4.78, 5) is 12.0. The van der Waals surface area contributed by atoms with Gasteiger partial charge in [0.05, 0.1) is 5.56 Å². The molecule has 1 rings (SSSR count). The number of nitrogens with zero attached hydrogens (tertiary/aromatic N) is 1. The Kier molecular flexibility index (Phi) is 3.41. The largest absolute Gasteiger partial charge is 0.389 e. The van der Waals surface area contributed by atoms with Gasteiger partial charge in [-0.25, -0.2) is 0 Å². The summed E-state index contributed by atoms with van der Waals surface area (Å²) < 4.78 is 1.70. The Bertz CT molecular complexity index is 409. The molecule has 0 fully saturated rings. The van der Waals surface area contributed by atoms with Crippen molar-refractivity contribution in [3.8, 4) is 0 Å². The van der Waals surface area contributed by atoms with Gasteiger partial charge >= 0.3 is 0 Å². The van der Waals surface area contributed by atoms with E-state index in [1.807, 2.05) is 19.9 Å². The van der Waals surface area contributed by atoms with Crippen LogP contribution >= 0.6 is 12.2 Å². The molecule has 0 amide bonds. The summed E-state index contributed by atoms with van der Waals surface area (Å²) >= 11 is 4.80. The van der Waals surface area contributed by atoms with E-state index in [0.717, 1.165) is 12.1 Å². The molecule has 4 heteroatoms. The van der Waals surface area contributed by atoms with Gasteiger partial charge in [0, 0.05) is 12.2 Å². The van der Waals surface area contributed by atoms with Crippen LogP contribution in [-0.2, 0) is 6.54 Å². The summed E-state index contributed by atoms with van der Waals surface area (Å²) in [5.74, 6) is 0. The second-order valence-electron chi connectivity index (χ2n) is 3.21. The standard InChI is InChI=1S/C10H14N2OS/c1-3-6-12-7(2)4-5-8(9(11)14)10(12)13/h4-5H,3,6H2,1-2H3,(H2,11,14). The highest BCUT2D eigenvalue weighted by Crippen LogP contribution is 1.99. The van der Waals surface area contributed by atoms with Gasteiger partial charge in [-0.1, -0.05) is 19.1 Å². The van der Waals surface area contributed by atoms with Crippen LogP contribution in [-0.4, -0.2) is 9.56 Å². The van der Waals surface area contributed by atoms with Crippen molar-refractivity contribution in [2.45, 2.75) is 26.8 Å². The van der Waals surface area contributed by atoms with Gasteiger partial charge < -0.3 is 10.3 Å². The molecule has 0 unspecified atom stereocenters. The SMILES string of the molecule is CCCn1c(C)ccc(C(N)=S)c1=O. The minimum Gasteiger partial charge on any atom is -0.389 e. The monoisotopic (exact) mass is 210 g/mol. The summed E-state index contributed by atoms with van der Waals surface area (Å²) in [5.41, 5.74) is 6.74. The van der Waals surface area contributed by atoms with Gasteiger partial charge in [-0.3, -0.25) is 4.79 Å². The number of aromatic nitrogens is 1. The fourth-order valence-corrected chi connectivity index (χ4v) is 1.52. The molecule has 1 aromatic rings. The average Bonchev–Trinajstić information content (AvgIpc) is 2.11. The van der Waals surface area contributed by atoms with Crippen LogP contribution in [0, 0.1) is 6.92 Å². The summed E-state index contributed by atoms with van der Waals surface area (Å²) in [5, 5.41) is 0. The highest BCUT2D eigenvalue weighted by Gasteiger charge is 2.06. The summed E-state index contributed by atoms with van der Waals surface area (Å²) in [6.45, 7) is 4.64. The Hall–Kier alpha value is -1.16. The van der Waals surface area contributed by atoms with Gasteiger partial charge in [0.2, 0.25) is 0 Å². The predicted molar refractivity (Wildman–Crippen MR) is 61.6 cm³/mol. The zero-order chi connectivity index (χ0) is 10.7. The first-order chi connectivity index (χ1) is 6.57. The van der Waals surface area contributed by atoms with Gasteiger partial charge in [-0.15, -0.1) is 0 Å². The maximum Gasteiger partial charge on any atom is 0.260 e. The van der Waals surface area contributed by atoms with Crippen LogP contribution in [0.3, 0.4) is 0 Å². The fraction of sp³-hybridized carbons (Fsp3) is 0.400. The van der Waals surface area contributed by atoms with Crippen LogP contribution in [0.15, 0.2) is 16.9 Å². The molecule has 14 heavy (non-hydrogen) atoms. The topological polar surface area (TPSA) is 48.0 Å². The molecule has 0 saturated carbocycles. The average molecular weight is 210 g/mol. The third-order valence-electron chi connectivity index (χ3n) is 2.11. The number of hydrogen-bond acceptors (Lipinski definition) is 2. The van der Waals surface area contributed by atoms with Crippen LogP contribution in [0.5, 0.6) is 0 Å². The van der Waals surface area contributed by atoms with Crippen LogP contribution in [0.1, 0.15) is 24.6 Å². The summed E-state index contributed by atoms with van der Waals surface area (Å²) in [7, 11) is 0. The smallest absolute Gasteiger partial charge is 0.260 e. The Balaban J connectivity index is 3.34. The zero-order valence-electron chi connectivity index (χ0n) is 8.41. The quantitative estimate of drug-likeness (QED) is 0.763. The van der Waals surface area contributed by atoms with Gasteiger partial charge in [0.25, 0.3) is 5.56 Å². The van der Waals surface area contributed by atoms with E-state index < -0.39 is 0 Å². The molecule has 0 aliphatic carbocycles. The van der Waals surface area contributed by atoms with Crippen LogP contribution in [0.2, 0.25) is 0 Å². The van der Waals surface area contributed by atoms with E-state index in [2.05, 4.69) is 0 Å². The third kappa shape index (κ3) is 2.01. The maximum atomic E-state index is 11.8. The Morgan fingerprint density at radius 3 is 2.71 bits per heavy atom. The highest BCUT2D eigenvalue weighted by atomic mass is 32.1. The van der Waals surface area contributed by atoms with E-state index in [9.17, 15) is 4.79 Å². The Morgan fingerprint density at radius 2 is 2.21 bits per heavy atom. The molecule has 0 saturated heterocycles. The van der Waals surface area contributed by atoms with E-state index in [0.29, 0.717) is 12.1 Å². The molecular formula is C10H14N2OS. The molecule has 0 bridgehead atoms. The first-order valence-corrected chi connectivity index (χ1v) is 4.99. The Morgan fingerprint density at radius 1 is 1.57 bits per heavy atom. The molecule has 0 aliphatic rings. The van der Waals surface area contributed by atoms with Crippen molar-refractivity contribution in [1.82, 2.24) is 4.57 Å². The molecule has 0 aromatic carbocycles. The minimum atomic E-state index is -0.0839. The van der Waals surface area contributed by atoms with Crippen molar-refractivity contribution in [3.05, 3.63) is 33.7 Å². The van der Waals surface area contributed by atoms with E-state index >= 15 is 0 Å². The molecule has 1 aromatic heterocycles. The van der Waals surface area contributed by atoms with Crippen LogP contribution in [0.4, 0.5) is 0 Å². The number of rotatable bonds is 3. The fourth-order valence-electron chi connectivity index (χ4n) is 1.36. The number of thiocarbonyl (C=S) groups is 1. The third-order valence-corrected chi connectivity index (χ3v) is 2.33. The first kappa shape index (κ1) is 10.9.